The molecule has 1 aromatic carbocycles. The number of amides is 1. The molecule has 2 aliphatic rings. The molecule has 6 nitrogen and oxygen atoms in total. The van der Waals surface area contributed by atoms with Crippen LogP contribution in [0, 0.1) is 11.7 Å². The molecule has 1 aromatic rings. The fourth-order valence-corrected chi connectivity index (χ4v) is 5.37. The molecule has 132 valence electrons. The molecule has 0 radical (unpaired) electrons. The van der Waals surface area contributed by atoms with E-state index in [1.165, 1.54) is 30.5 Å². The first-order chi connectivity index (χ1) is 11.3. The molecule has 0 N–H and O–H groups in total. The number of fused-ring (bicyclic) bond motifs is 1. The van der Waals surface area contributed by atoms with Crippen molar-refractivity contribution in [2.75, 3.05) is 26.7 Å². The van der Waals surface area contributed by atoms with Crippen molar-refractivity contribution in [2.24, 2.45) is 5.92 Å². The number of hydrogen-bond donors (Lipinski definition) is 0. The zero-order chi connectivity index (χ0) is 17.5. The van der Waals surface area contributed by atoms with Crippen LogP contribution in [0.5, 0.6) is 5.75 Å². The van der Waals surface area contributed by atoms with E-state index < -0.39 is 15.8 Å². The number of piperidine rings is 1. The third kappa shape index (κ3) is 2.88. The van der Waals surface area contributed by atoms with Gasteiger partial charge in [0.1, 0.15) is 0 Å². The van der Waals surface area contributed by atoms with Gasteiger partial charge in [0, 0.05) is 32.6 Å². The molecule has 2 saturated heterocycles. The monoisotopic (exact) mass is 356 g/mol. The first-order valence-corrected chi connectivity index (χ1v) is 9.39. The van der Waals surface area contributed by atoms with Gasteiger partial charge in [-0.1, -0.05) is 0 Å². The Bertz CT molecular complexity index is 752. The molecule has 2 heterocycles. The molecule has 1 amide bonds. The van der Waals surface area contributed by atoms with Crippen LogP contribution in [0.25, 0.3) is 0 Å². The van der Waals surface area contributed by atoms with Gasteiger partial charge in [-0.15, -0.1) is 0 Å². The maximum Gasteiger partial charge on any atom is 0.243 e. The number of likely N-dealkylation sites (tertiary alicyclic amines) is 1. The Hall–Kier alpha value is -1.67. The number of ether oxygens (including phenoxy) is 1. The van der Waals surface area contributed by atoms with Crippen LogP contribution in [0.1, 0.15) is 19.8 Å². The standard InChI is InChI=1S/C16H21FN2O4S/c1-11(20)18-9-12-4-3-7-19(15(12)10-18)24(21,22)13-5-6-16(23-2)14(17)8-13/h5-6,8,12,15H,3-4,7,9-10H2,1-2H3/t12-,15+/m1/s1. The molecule has 0 unspecified atom stereocenters. The molecule has 8 heteroatoms. The molecule has 2 atom stereocenters. The van der Waals surface area contributed by atoms with Crippen LogP contribution in [0.4, 0.5) is 4.39 Å². The third-order valence-corrected chi connectivity index (χ3v) is 6.83. The van der Waals surface area contributed by atoms with Crippen LogP contribution in [0.2, 0.25) is 0 Å². The summed E-state index contributed by atoms with van der Waals surface area (Å²) in [6.07, 6.45) is 1.64. The van der Waals surface area contributed by atoms with Gasteiger partial charge < -0.3 is 9.64 Å². The van der Waals surface area contributed by atoms with Crippen LogP contribution >= 0.6 is 0 Å². The topological polar surface area (TPSA) is 66.9 Å². The van der Waals surface area contributed by atoms with E-state index in [-0.39, 0.29) is 28.5 Å². The highest BCUT2D eigenvalue weighted by Crippen LogP contribution is 2.35. The van der Waals surface area contributed by atoms with E-state index in [0.29, 0.717) is 19.6 Å². The summed E-state index contributed by atoms with van der Waals surface area (Å²) < 4.78 is 46.1. The smallest absolute Gasteiger partial charge is 0.243 e. The highest BCUT2D eigenvalue weighted by Gasteiger charge is 2.44. The van der Waals surface area contributed by atoms with Crippen molar-refractivity contribution in [2.45, 2.75) is 30.7 Å². The number of carbonyl (C=O) groups excluding carboxylic acids is 1. The third-order valence-electron chi connectivity index (χ3n) is 4.90. The average molecular weight is 356 g/mol. The molecule has 0 spiro atoms. The van der Waals surface area contributed by atoms with Gasteiger partial charge in [0.25, 0.3) is 0 Å². The van der Waals surface area contributed by atoms with Gasteiger partial charge in [0.15, 0.2) is 11.6 Å². The average Bonchev–Trinajstić information content (AvgIpc) is 2.98. The van der Waals surface area contributed by atoms with E-state index >= 15 is 0 Å². The quantitative estimate of drug-likeness (QED) is 0.822. The maximum atomic E-state index is 13.9. The Labute approximate surface area is 141 Å². The predicted molar refractivity (Wildman–Crippen MR) is 85.6 cm³/mol. The first-order valence-electron chi connectivity index (χ1n) is 7.95. The number of hydrogen-bond acceptors (Lipinski definition) is 4. The Morgan fingerprint density at radius 2 is 2.08 bits per heavy atom. The van der Waals surface area contributed by atoms with E-state index in [1.54, 1.807) is 4.90 Å². The number of halogens is 1. The lowest BCUT2D eigenvalue weighted by atomic mass is 9.94. The van der Waals surface area contributed by atoms with Gasteiger partial charge in [0.05, 0.1) is 12.0 Å². The SMILES string of the molecule is COc1ccc(S(=O)(=O)N2CCC[C@@H]3CN(C(C)=O)C[C@@H]32)cc1F. The number of nitrogens with zero attached hydrogens (tertiary/aromatic N) is 2. The van der Waals surface area contributed by atoms with Gasteiger partial charge >= 0.3 is 0 Å². The van der Waals surface area contributed by atoms with E-state index in [2.05, 4.69) is 0 Å². The molecule has 2 aliphatic heterocycles. The van der Waals surface area contributed by atoms with E-state index in [1.807, 2.05) is 0 Å². The summed E-state index contributed by atoms with van der Waals surface area (Å²) >= 11 is 0. The summed E-state index contributed by atoms with van der Waals surface area (Å²) in [5.74, 6) is -0.601. The van der Waals surface area contributed by atoms with Crippen molar-refractivity contribution in [1.29, 1.82) is 0 Å². The summed E-state index contributed by atoms with van der Waals surface area (Å²) in [6.45, 7) is 2.87. The van der Waals surface area contributed by atoms with E-state index in [9.17, 15) is 17.6 Å². The minimum atomic E-state index is -3.81. The second-order valence-corrected chi connectivity index (χ2v) is 8.20. The lowest BCUT2D eigenvalue weighted by Crippen LogP contribution is -2.48. The zero-order valence-corrected chi connectivity index (χ0v) is 14.6. The Kier molecular flexibility index (Phi) is 4.52. The van der Waals surface area contributed by atoms with Crippen molar-refractivity contribution < 1.29 is 22.3 Å². The van der Waals surface area contributed by atoms with Gasteiger partial charge in [-0.2, -0.15) is 4.31 Å². The number of methoxy groups -OCH3 is 1. The predicted octanol–water partition coefficient (Wildman–Crippen LogP) is 1.47. The van der Waals surface area contributed by atoms with Gasteiger partial charge in [-0.05, 0) is 37.0 Å². The Balaban J connectivity index is 1.91. The first kappa shape index (κ1) is 17.2. The molecule has 24 heavy (non-hydrogen) atoms. The second kappa shape index (κ2) is 6.33. The molecular formula is C16H21FN2O4S. The number of carbonyl (C=O) groups is 1. The molecule has 0 aromatic heterocycles. The van der Waals surface area contributed by atoms with Crippen molar-refractivity contribution in [3.8, 4) is 5.75 Å². The number of benzene rings is 1. The fraction of sp³-hybridized carbons (Fsp3) is 0.562. The molecular weight excluding hydrogens is 335 g/mol. The summed E-state index contributed by atoms with van der Waals surface area (Å²) in [6, 6.07) is 3.44. The van der Waals surface area contributed by atoms with E-state index in [4.69, 9.17) is 4.74 Å². The normalized spacial score (nSPS) is 24.7. The summed E-state index contributed by atoms with van der Waals surface area (Å²) in [7, 11) is -2.48. The van der Waals surface area contributed by atoms with Crippen molar-refractivity contribution in [1.82, 2.24) is 9.21 Å². The number of rotatable bonds is 3. The Morgan fingerprint density at radius 1 is 1.33 bits per heavy atom. The second-order valence-electron chi connectivity index (χ2n) is 6.31. The van der Waals surface area contributed by atoms with Gasteiger partial charge in [-0.3, -0.25) is 4.79 Å². The lowest BCUT2D eigenvalue weighted by molar-refractivity contribution is -0.128. The van der Waals surface area contributed by atoms with Crippen LogP contribution in [-0.2, 0) is 14.8 Å². The van der Waals surface area contributed by atoms with Crippen LogP contribution < -0.4 is 4.74 Å². The van der Waals surface area contributed by atoms with Crippen molar-refractivity contribution in [3.63, 3.8) is 0 Å². The summed E-state index contributed by atoms with van der Waals surface area (Å²) in [5.41, 5.74) is 0. The van der Waals surface area contributed by atoms with Crippen molar-refractivity contribution >= 4 is 15.9 Å². The molecule has 0 bridgehead atoms. The molecule has 0 saturated carbocycles. The molecule has 2 fully saturated rings. The maximum absolute atomic E-state index is 13.9. The van der Waals surface area contributed by atoms with Crippen LogP contribution in [-0.4, -0.2) is 56.3 Å². The number of sulfonamides is 1. The minimum Gasteiger partial charge on any atom is -0.494 e. The fourth-order valence-electron chi connectivity index (χ4n) is 3.64. The minimum absolute atomic E-state index is 0.00842. The van der Waals surface area contributed by atoms with Crippen molar-refractivity contribution in [3.05, 3.63) is 24.0 Å². The van der Waals surface area contributed by atoms with Gasteiger partial charge in [-0.25, -0.2) is 12.8 Å². The van der Waals surface area contributed by atoms with Gasteiger partial charge in [0.2, 0.25) is 15.9 Å². The van der Waals surface area contributed by atoms with Crippen LogP contribution in [0.15, 0.2) is 23.1 Å². The highest BCUT2D eigenvalue weighted by molar-refractivity contribution is 7.89. The van der Waals surface area contributed by atoms with Crippen LogP contribution in [0.3, 0.4) is 0 Å². The summed E-state index contributed by atoms with van der Waals surface area (Å²) in [4.78, 5) is 13.2. The lowest BCUT2D eigenvalue weighted by Gasteiger charge is -2.35. The highest BCUT2D eigenvalue weighted by atomic mass is 32.2. The summed E-state index contributed by atoms with van der Waals surface area (Å²) in [5, 5.41) is 0. The molecule has 0 aliphatic carbocycles. The Morgan fingerprint density at radius 3 is 2.71 bits per heavy atom. The zero-order valence-electron chi connectivity index (χ0n) is 13.7. The largest absolute Gasteiger partial charge is 0.494 e. The molecule has 3 rings (SSSR count). The van der Waals surface area contributed by atoms with E-state index in [0.717, 1.165) is 18.9 Å².